The lowest BCUT2D eigenvalue weighted by Gasteiger charge is -2.46. The molecular weight excluding hydrogens is 1030 g/mol. The van der Waals surface area contributed by atoms with Gasteiger partial charge in [0.2, 0.25) is 5.91 Å². The van der Waals surface area contributed by atoms with Crippen LogP contribution in [0.3, 0.4) is 0 Å². The summed E-state index contributed by atoms with van der Waals surface area (Å²) < 4.78 is 22.8. The Balaban J connectivity index is 1.57. The molecule has 14 nitrogen and oxygen atoms in total. The van der Waals surface area contributed by atoms with E-state index in [0.29, 0.717) is 6.42 Å². The van der Waals surface area contributed by atoms with E-state index in [1.165, 1.54) is 250 Å². The molecule has 14 heteroatoms. The van der Waals surface area contributed by atoms with Crippen LogP contribution in [0.25, 0.3) is 0 Å². The molecule has 4 unspecified atom stereocenters. The van der Waals surface area contributed by atoms with E-state index < -0.39 is 86.8 Å². The van der Waals surface area contributed by atoms with Crippen LogP contribution in [0.5, 0.6) is 0 Å². The zero-order valence-corrected chi connectivity index (χ0v) is 52.1. The smallest absolute Gasteiger partial charge is 0.220 e. The summed E-state index contributed by atoms with van der Waals surface area (Å²) in [7, 11) is 0. The molecule has 0 aromatic carbocycles. The maximum absolute atomic E-state index is 13.3. The van der Waals surface area contributed by atoms with Crippen LogP contribution in [-0.2, 0) is 23.7 Å². The first-order valence-electron chi connectivity index (χ1n) is 34.4. The highest BCUT2D eigenvalue weighted by Crippen LogP contribution is 2.30. The molecule has 0 saturated carbocycles. The summed E-state index contributed by atoms with van der Waals surface area (Å²) in [4.78, 5) is 13.3. The first-order valence-corrected chi connectivity index (χ1v) is 34.4. The van der Waals surface area contributed by atoms with Crippen LogP contribution in [0.1, 0.15) is 316 Å². The lowest BCUT2D eigenvalue weighted by molar-refractivity contribution is -0.359. The van der Waals surface area contributed by atoms with E-state index in [4.69, 9.17) is 18.9 Å². The van der Waals surface area contributed by atoms with Crippen molar-refractivity contribution in [3.05, 3.63) is 12.2 Å². The van der Waals surface area contributed by atoms with Crippen molar-refractivity contribution in [2.45, 2.75) is 389 Å². The van der Waals surface area contributed by atoms with E-state index in [0.717, 1.165) is 38.5 Å². The molecule has 1 amide bonds. The predicted octanol–water partition coefficient (Wildman–Crippen LogP) is 13.4. The number of allylic oxidation sites excluding steroid dienone is 1. The van der Waals surface area contributed by atoms with Gasteiger partial charge in [0.15, 0.2) is 12.6 Å². The Kier molecular flexibility index (Phi) is 49.6. The molecule has 2 fully saturated rings. The number of carbonyl (C=O) groups excluding carboxylic acids is 1. The third-order valence-electron chi connectivity index (χ3n) is 17.2. The van der Waals surface area contributed by atoms with E-state index in [9.17, 15) is 45.6 Å². The van der Waals surface area contributed by atoms with Gasteiger partial charge in [-0.15, -0.1) is 0 Å². The number of aliphatic hydroxyl groups excluding tert-OH is 8. The Morgan fingerprint density at radius 1 is 0.432 bits per heavy atom. The lowest BCUT2D eigenvalue weighted by atomic mass is 9.97. The zero-order valence-electron chi connectivity index (χ0n) is 52.1. The van der Waals surface area contributed by atoms with Crippen LogP contribution in [0.2, 0.25) is 0 Å². The number of carbonyl (C=O) groups is 1. The highest BCUT2D eigenvalue weighted by atomic mass is 16.7. The van der Waals surface area contributed by atoms with Crippen molar-refractivity contribution in [3.63, 3.8) is 0 Å². The number of hydrogen-bond acceptors (Lipinski definition) is 13. The number of amides is 1. The second-order valence-corrected chi connectivity index (χ2v) is 24.7. The first-order chi connectivity index (χ1) is 39.6. The Hall–Kier alpha value is -1.27. The van der Waals surface area contributed by atoms with Crippen molar-refractivity contribution in [1.29, 1.82) is 0 Å². The highest BCUT2D eigenvalue weighted by molar-refractivity contribution is 5.76. The van der Waals surface area contributed by atoms with Gasteiger partial charge in [-0.05, 0) is 19.3 Å². The lowest BCUT2D eigenvalue weighted by Crippen LogP contribution is -2.65. The summed E-state index contributed by atoms with van der Waals surface area (Å²) in [6.07, 6.45) is 47.3. The molecule has 0 aromatic heterocycles. The highest BCUT2D eigenvalue weighted by Gasteiger charge is 2.51. The zero-order chi connectivity index (χ0) is 58.8. The number of rotatable bonds is 57. The number of ether oxygens (including phenoxy) is 4. The maximum atomic E-state index is 13.3. The number of hydrogen-bond donors (Lipinski definition) is 9. The molecule has 2 aliphatic heterocycles. The van der Waals surface area contributed by atoms with Gasteiger partial charge < -0.3 is 65.1 Å². The fourth-order valence-corrected chi connectivity index (χ4v) is 11.7. The van der Waals surface area contributed by atoms with Gasteiger partial charge in [-0.2, -0.15) is 0 Å². The average Bonchev–Trinajstić information content (AvgIpc) is 3.48. The molecule has 2 heterocycles. The van der Waals surface area contributed by atoms with E-state index in [-0.39, 0.29) is 18.9 Å². The molecular formula is C67H129NO13. The van der Waals surface area contributed by atoms with Gasteiger partial charge in [-0.3, -0.25) is 4.79 Å². The molecule has 81 heavy (non-hydrogen) atoms. The molecule has 0 spiro atoms. The van der Waals surface area contributed by atoms with Crippen molar-refractivity contribution in [3.8, 4) is 0 Å². The Labute approximate surface area is 495 Å². The number of aliphatic hydroxyl groups is 8. The molecule has 9 N–H and O–H groups in total. The van der Waals surface area contributed by atoms with Crippen molar-refractivity contribution in [2.75, 3.05) is 19.8 Å². The normalized spacial score (nSPS) is 24.1. The van der Waals surface area contributed by atoms with Crippen LogP contribution in [0.15, 0.2) is 12.2 Å². The summed E-state index contributed by atoms with van der Waals surface area (Å²) >= 11 is 0. The molecule has 2 aliphatic rings. The number of nitrogens with one attached hydrogen (secondary N) is 1. The molecule has 2 rings (SSSR count). The largest absolute Gasteiger partial charge is 0.394 e. The Bertz CT molecular complexity index is 1410. The van der Waals surface area contributed by atoms with Gasteiger partial charge >= 0.3 is 0 Å². The van der Waals surface area contributed by atoms with Crippen LogP contribution < -0.4 is 5.32 Å². The Morgan fingerprint density at radius 3 is 1.14 bits per heavy atom. The van der Waals surface area contributed by atoms with Gasteiger partial charge in [0.05, 0.1) is 32.0 Å². The molecule has 0 aliphatic carbocycles. The summed E-state index contributed by atoms with van der Waals surface area (Å²) in [6, 6.07) is -0.909. The van der Waals surface area contributed by atoms with Gasteiger partial charge in [0, 0.05) is 6.42 Å². The molecule has 480 valence electrons. The van der Waals surface area contributed by atoms with E-state index in [2.05, 4.69) is 19.2 Å². The standard InChI is InChI=1S/C67H129NO13/c1-3-5-7-9-11-13-15-17-18-19-20-21-22-23-24-25-26-27-28-29-30-31-32-33-34-35-36-37-38-39-41-43-45-47-49-51-59(72)68-55(56(71)50-48-46-44-42-40-16-14-12-10-8-6-4-2)54-78-66-64(77)62(75)65(58(53-70)80-66)81-67-63(76)61(74)60(73)57(52-69)79-67/h48,50,55-58,60-67,69-71,73-77H,3-47,49,51-54H2,1-2H3,(H,68,72)/b50-48+/t55-,56+,57+,58+,60-,61?,62?,63?,64?,65+,66+,67-/m0/s1. The predicted molar refractivity (Wildman–Crippen MR) is 328 cm³/mol. The van der Waals surface area contributed by atoms with E-state index >= 15 is 0 Å². The van der Waals surface area contributed by atoms with E-state index in [1.54, 1.807) is 6.08 Å². The summed E-state index contributed by atoms with van der Waals surface area (Å²) in [5.74, 6) is -0.233. The molecule has 0 bridgehead atoms. The van der Waals surface area contributed by atoms with Gasteiger partial charge in [0.25, 0.3) is 0 Å². The third-order valence-corrected chi connectivity index (χ3v) is 17.2. The average molecular weight is 1160 g/mol. The number of unbranched alkanes of at least 4 members (excludes halogenated alkanes) is 44. The summed E-state index contributed by atoms with van der Waals surface area (Å²) in [5, 5.41) is 87.1. The summed E-state index contributed by atoms with van der Waals surface area (Å²) in [5.41, 5.74) is 0. The van der Waals surface area contributed by atoms with Gasteiger partial charge in [0.1, 0.15) is 48.8 Å². The molecule has 12 atom stereocenters. The van der Waals surface area contributed by atoms with Crippen molar-refractivity contribution in [1.82, 2.24) is 5.32 Å². The minimum atomic E-state index is -1.79. The van der Waals surface area contributed by atoms with Crippen molar-refractivity contribution >= 4 is 5.91 Å². The van der Waals surface area contributed by atoms with Gasteiger partial charge in [-0.1, -0.05) is 302 Å². The second-order valence-electron chi connectivity index (χ2n) is 24.7. The Morgan fingerprint density at radius 2 is 0.765 bits per heavy atom. The topological polar surface area (TPSA) is 228 Å². The third kappa shape index (κ3) is 37.8. The quantitative estimate of drug-likeness (QED) is 0.0204. The summed E-state index contributed by atoms with van der Waals surface area (Å²) in [6.45, 7) is 2.82. The first kappa shape index (κ1) is 75.8. The van der Waals surface area contributed by atoms with E-state index in [1.807, 2.05) is 6.08 Å². The monoisotopic (exact) mass is 1160 g/mol. The fourth-order valence-electron chi connectivity index (χ4n) is 11.7. The molecule has 0 radical (unpaired) electrons. The van der Waals surface area contributed by atoms with Crippen molar-refractivity contribution < 1.29 is 64.6 Å². The maximum Gasteiger partial charge on any atom is 0.220 e. The SMILES string of the molecule is CCCCCCCCCCCC/C=C/[C@@H](O)[C@H](CO[C@@H]1O[C@H](CO)[C@@H](O[C@@H]2O[C@H](CO)[C@H](O)C(O)C2O)C(O)C1O)NC(=O)CCCCCCCCCCCCCCCCCCCCCCCCCCCCCCCCCCCCC. The van der Waals surface area contributed by atoms with Gasteiger partial charge in [-0.25, -0.2) is 0 Å². The second kappa shape index (κ2) is 53.0. The van der Waals surface area contributed by atoms with Crippen LogP contribution in [-0.4, -0.2) is 140 Å². The van der Waals surface area contributed by atoms with Crippen LogP contribution in [0, 0.1) is 0 Å². The fraction of sp³-hybridized carbons (Fsp3) is 0.955. The minimum Gasteiger partial charge on any atom is -0.394 e. The minimum absolute atomic E-state index is 0.233. The van der Waals surface area contributed by atoms with Crippen LogP contribution in [0.4, 0.5) is 0 Å². The van der Waals surface area contributed by atoms with Crippen molar-refractivity contribution in [2.24, 2.45) is 0 Å². The molecule has 2 saturated heterocycles. The molecule has 0 aromatic rings. The van der Waals surface area contributed by atoms with Crippen LogP contribution >= 0.6 is 0 Å².